The van der Waals surface area contributed by atoms with Crippen LogP contribution in [0.5, 0.6) is 0 Å². The maximum absolute atomic E-state index is 15.8. The fourth-order valence-electron chi connectivity index (χ4n) is 3.15. The Bertz CT molecular complexity index is 601. The predicted molar refractivity (Wildman–Crippen MR) is 90.3 cm³/mol. The summed E-state index contributed by atoms with van der Waals surface area (Å²) >= 11 is 0. The zero-order valence-corrected chi connectivity index (χ0v) is 13.7. The van der Waals surface area contributed by atoms with Crippen molar-refractivity contribution in [3.63, 3.8) is 0 Å². The van der Waals surface area contributed by atoms with Crippen LogP contribution in [0.15, 0.2) is 35.7 Å². The number of alkyl halides is 1. The van der Waals surface area contributed by atoms with Crippen molar-refractivity contribution in [2.75, 3.05) is 13.2 Å². The van der Waals surface area contributed by atoms with Crippen molar-refractivity contribution in [1.82, 2.24) is 5.32 Å². The van der Waals surface area contributed by atoms with E-state index >= 15 is 4.39 Å². The van der Waals surface area contributed by atoms with E-state index in [1.165, 1.54) is 12.1 Å². The van der Waals surface area contributed by atoms with Gasteiger partial charge in [-0.2, -0.15) is 0 Å². The van der Waals surface area contributed by atoms with Gasteiger partial charge in [0.2, 0.25) is 0 Å². The molecule has 5 N–H and O–H groups in total. The lowest BCUT2D eigenvalue weighted by molar-refractivity contribution is 0.0697. The molecule has 1 unspecified atom stereocenters. The van der Waals surface area contributed by atoms with Gasteiger partial charge < -0.3 is 21.3 Å². The molecule has 1 aromatic carbocycles. The molecule has 1 aromatic rings. The number of hydrogen-bond donors (Lipinski definition) is 4. The summed E-state index contributed by atoms with van der Waals surface area (Å²) in [7, 11) is 0. The standard InChI is InChI=1S/C18H25FN2O3/c19-18(12-13-5-7-14(8-6-13)17(23)24)9-3-1-2-4-15(20)16(18)21-10-11-22/h5-8,21-22H,1-4,9-12,20H2,(H,23,24)/b16-15-. The second-order valence-corrected chi connectivity index (χ2v) is 6.26. The third-order valence-corrected chi connectivity index (χ3v) is 4.39. The smallest absolute Gasteiger partial charge is 0.335 e. The van der Waals surface area contributed by atoms with Crippen LogP contribution in [0, 0.1) is 0 Å². The van der Waals surface area contributed by atoms with Gasteiger partial charge in [-0.1, -0.05) is 18.6 Å². The molecule has 1 aliphatic carbocycles. The summed E-state index contributed by atoms with van der Waals surface area (Å²) in [6.07, 6.45) is 3.74. The van der Waals surface area contributed by atoms with Crippen LogP contribution in [0.3, 0.4) is 0 Å². The second-order valence-electron chi connectivity index (χ2n) is 6.26. The number of rotatable bonds is 6. The first-order chi connectivity index (χ1) is 11.5. The fourth-order valence-corrected chi connectivity index (χ4v) is 3.15. The number of aromatic carboxylic acids is 1. The number of nitrogens with two attached hydrogens (primary N) is 1. The molecule has 6 heteroatoms. The molecule has 0 aromatic heterocycles. The molecule has 0 radical (unpaired) electrons. The van der Waals surface area contributed by atoms with Crippen LogP contribution >= 0.6 is 0 Å². The van der Waals surface area contributed by atoms with Crippen molar-refractivity contribution in [3.8, 4) is 0 Å². The Kier molecular flexibility index (Phi) is 6.20. The zero-order chi connectivity index (χ0) is 17.6. The van der Waals surface area contributed by atoms with E-state index in [0.29, 0.717) is 24.2 Å². The summed E-state index contributed by atoms with van der Waals surface area (Å²) in [5.74, 6) is -1.00. The Morgan fingerprint density at radius 3 is 2.58 bits per heavy atom. The molecule has 132 valence electrons. The van der Waals surface area contributed by atoms with Crippen LogP contribution in [0.2, 0.25) is 0 Å². The third-order valence-electron chi connectivity index (χ3n) is 4.39. The van der Waals surface area contributed by atoms with Gasteiger partial charge in [0.1, 0.15) is 0 Å². The number of carbonyl (C=O) groups is 1. The molecule has 0 saturated carbocycles. The molecule has 0 aliphatic heterocycles. The lowest BCUT2D eigenvalue weighted by atomic mass is 9.84. The van der Waals surface area contributed by atoms with Crippen LogP contribution in [-0.4, -0.2) is 35.0 Å². The molecule has 0 spiro atoms. The van der Waals surface area contributed by atoms with Gasteiger partial charge in [-0.25, -0.2) is 9.18 Å². The van der Waals surface area contributed by atoms with Crippen molar-refractivity contribution < 1.29 is 19.4 Å². The van der Waals surface area contributed by atoms with Crippen LogP contribution < -0.4 is 11.1 Å². The molecule has 0 saturated heterocycles. The summed E-state index contributed by atoms with van der Waals surface area (Å²) < 4.78 is 15.8. The average molecular weight is 336 g/mol. The molecule has 2 rings (SSSR count). The number of nitrogens with one attached hydrogen (secondary N) is 1. The van der Waals surface area contributed by atoms with E-state index < -0.39 is 11.6 Å². The number of halogens is 1. The Morgan fingerprint density at radius 2 is 1.96 bits per heavy atom. The predicted octanol–water partition coefficient (Wildman–Crippen LogP) is 2.35. The highest BCUT2D eigenvalue weighted by molar-refractivity contribution is 5.87. The van der Waals surface area contributed by atoms with E-state index in [0.717, 1.165) is 24.8 Å². The molecule has 0 amide bonds. The highest BCUT2D eigenvalue weighted by Gasteiger charge is 2.36. The number of hydrogen-bond acceptors (Lipinski definition) is 4. The number of benzene rings is 1. The minimum atomic E-state index is -1.63. The van der Waals surface area contributed by atoms with Gasteiger partial charge in [-0.3, -0.25) is 0 Å². The Balaban J connectivity index is 2.28. The number of carboxylic acids is 1. The van der Waals surface area contributed by atoms with Crippen LogP contribution in [0.1, 0.15) is 48.0 Å². The monoisotopic (exact) mass is 336 g/mol. The largest absolute Gasteiger partial charge is 0.478 e. The van der Waals surface area contributed by atoms with Gasteiger partial charge in [-0.05, 0) is 43.4 Å². The van der Waals surface area contributed by atoms with Gasteiger partial charge >= 0.3 is 5.97 Å². The maximum Gasteiger partial charge on any atom is 0.335 e. The maximum atomic E-state index is 15.8. The van der Waals surface area contributed by atoms with Gasteiger partial charge in [0, 0.05) is 18.7 Å². The lowest BCUT2D eigenvalue weighted by Gasteiger charge is -2.32. The summed E-state index contributed by atoms with van der Waals surface area (Å²) in [5, 5.41) is 21.0. The fraction of sp³-hybridized carbons (Fsp3) is 0.500. The molecule has 0 fully saturated rings. The Labute approximate surface area is 141 Å². The topological polar surface area (TPSA) is 95.6 Å². The first-order valence-electron chi connectivity index (χ1n) is 8.31. The quantitative estimate of drug-likeness (QED) is 0.639. The SMILES string of the molecule is N/C1=C(\NCCO)C(F)(Cc2ccc(C(=O)O)cc2)CCCCC1. The van der Waals surface area contributed by atoms with Gasteiger partial charge in [0.15, 0.2) is 5.67 Å². The first kappa shape index (κ1) is 18.3. The summed E-state index contributed by atoms with van der Waals surface area (Å²) in [5.41, 5.74) is 6.25. The van der Waals surface area contributed by atoms with Crippen molar-refractivity contribution in [1.29, 1.82) is 0 Å². The van der Waals surface area contributed by atoms with E-state index in [1.807, 2.05) is 0 Å². The van der Waals surface area contributed by atoms with E-state index in [2.05, 4.69) is 5.32 Å². The highest BCUT2D eigenvalue weighted by Crippen LogP contribution is 2.35. The molecule has 1 aliphatic rings. The van der Waals surface area contributed by atoms with Crippen LogP contribution in [-0.2, 0) is 6.42 Å². The number of carboxylic acid groups (broad SMARTS) is 1. The number of aliphatic hydroxyl groups is 1. The minimum Gasteiger partial charge on any atom is -0.478 e. The molecule has 0 bridgehead atoms. The van der Waals surface area contributed by atoms with Crippen molar-refractivity contribution in [2.45, 2.75) is 44.2 Å². The summed E-state index contributed by atoms with van der Waals surface area (Å²) in [6, 6.07) is 6.25. The van der Waals surface area contributed by atoms with Gasteiger partial charge in [-0.15, -0.1) is 0 Å². The zero-order valence-electron chi connectivity index (χ0n) is 13.7. The Morgan fingerprint density at radius 1 is 1.25 bits per heavy atom. The molecular weight excluding hydrogens is 311 g/mol. The van der Waals surface area contributed by atoms with Crippen molar-refractivity contribution in [3.05, 3.63) is 46.8 Å². The number of aliphatic hydroxyl groups excluding tert-OH is 1. The van der Waals surface area contributed by atoms with Crippen LogP contribution in [0.4, 0.5) is 4.39 Å². The first-order valence-corrected chi connectivity index (χ1v) is 8.31. The van der Waals surface area contributed by atoms with Gasteiger partial charge in [0.05, 0.1) is 17.9 Å². The summed E-state index contributed by atoms with van der Waals surface area (Å²) in [6.45, 7) is 0.153. The minimum absolute atomic E-state index is 0.0971. The van der Waals surface area contributed by atoms with E-state index in [4.69, 9.17) is 15.9 Å². The Hall–Kier alpha value is -2.08. The molecule has 5 nitrogen and oxygen atoms in total. The van der Waals surface area contributed by atoms with Crippen molar-refractivity contribution in [2.24, 2.45) is 5.73 Å². The molecular formula is C18H25FN2O3. The van der Waals surface area contributed by atoms with E-state index in [1.54, 1.807) is 12.1 Å². The third kappa shape index (κ3) is 4.47. The molecule has 0 heterocycles. The van der Waals surface area contributed by atoms with E-state index in [9.17, 15) is 4.79 Å². The molecule has 24 heavy (non-hydrogen) atoms. The lowest BCUT2D eigenvalue weighted by Crippen LogP contribution is -2.40. The highest BCUT2D eigenvalue weighted by atomic mass is 19.1. The second kappa shape index (κ2) is 8.15. The van der Waals surface area contributed by atoms with Crippen LogP contribution in [0.25, 0.3) is 0 Å². The summed E-state index contributed by atoms with van der Waals surface area (Å²) in [4.78, 5) is 10.9. The normalized spacial score (nSPS) is 24.9. The average Bonchev–Trinajstić information content (AvgIpc) is 2.54. The van der Waals surface area contributed by atoms with Gasteiger partial charge in [0.25, 0.3) is 0 Å². The van der Waals surface area contributed by atoms with E-state index in [-0.39, 0.29) is 25.1 Å². The number of allylic oxidation sites excluding steroid dienone is 2. The molecule has 1 atom stereocenters. The van der Waals surface area contributed by atoms with Crippen molar-refractivity contribution >= 4 is 5.97 Å².